The Hall–Kier alpha value is -1.13. The minimum atomic E-state index is 0.0109. The number of hydrogen-bond donors (Lipinski definition) is 0. The van der Waals surface area contributed by atoms with E-state index in [-0.39, 0.29) is 12.0 Å². The molecule has 1 fully saturated rings. The van der Waals surface area contributed by atoms with E-state index in [1.54, 1.807) is 12.1 Å². The molecule has 104 valence electrons. The number of aryl methyl sites for hydroxylation is 1. The summed E-state index contributed by atoms with van der Waals surface area (Å²) in [5, 5.41) is 0.363. The monoisotopic (exact) mass is 282 g/mol. The molecular weight excluding hydrogens is 264 g/mol. The Morgan fingerprint density at radius 3 is 3.05 bits per heavy atom. The summed E-state index contributed by atoms with van der Waals surface area (Å²) in [6.45, 7) is 5.94. The van der Waals surface area contributed by atoms with Gasteiger partial charge in [-0.15, -0.1) is 0 Å². The third-order valence-corrected chi connectivity index (χ3v) is 3.43. The van der Waals surface area contributed by atoms with Gasteiger partial charge >= 0.3 is 0 Å². The zero-order chi connectivity index (χ0) is 13.8. The van der Waals surface area contributed by atoms with Crippen LogP contribution in [0.2, 0.25) is 5.15 Å². The van der Waals surface area contributed by atoms with Gasteiger partial charge in [0.2, 0.25) is 0 Å². The van der Waals surface area contributed by atoms with Crippen molar-refractivity contribution in [3.8, 4) is 0 Å². The Morgan fingerprint density at radius 2 is 2.37 bits per heavy atom. The SMILES string of the molecule is CCOC1CCCN(C(=O)c2cc(C)nc(Cl)c2)C1. The number of nitrogens with zero attached hydrogens (tertiary/aromatic N) is 2. The van der Waals surface area contributed by atoms with Crippen LogP contribution in [0.5, 0.6) is 0 Å². The Kier molecular flexibility index (Phi) is 4.77. The van der Waals surface area contributed by atoms with Crippen molar-refractivity contribution in [2.24, 2.45) is 0 Å². The van der Waals surface area contributed by atoms with E-state index in [4.69, 9.17) is 16.3 Å². The Labute approximate surface area is 118 Å². The van der Waals surface area contributed by atoms with Gasteiger partial charge in [0.1, 0.15) is 5.15 Å². The minimum absolute atomic E-state index is 0.0109. The molecule has 1 aromatic rings. The van der Waals surface area contributed by atoms with E-state index in [9.17, 15) is 4.79 Å². The first kappa shape index (κ1) is 14.3. The lowest BCUT2D eigenvalue weighted by atomic mass is 10.1. The van der Waals surface area contributed by atoms with Crippen LogP contribution in [0.15, 0.2) is 12.1 Å². The molecule has 0 bridgehead atoms. The number of carbonyl (C=O) groups excluding carboxylic acids is 1. The van der Waals surface area contributed by atoms with Crippen molar-refractivity contribution in [1.82, 2.24) is 9.88 Å². The summed E-state index contributed by atoms with van der Waals surface area (Å²) in [6, 6.07) is 3.40. The molecule has 1 unspecified atom stereocenters. The van der Waals surface area contributed by atoms with Gasteiger partial charge in [-0.25, -0.2) is 4.98 Å². The third-order valence-electron chi connectivity index (χ3n) is 3.24. The first-order valence-electron chi connectivity index (χ1n) is 6.65. The summed E-state index contributed by atoms with van der Waals surface area (Å²) in [6.07, 6.45) is 2.16. The van der Waals surface area contributed by atoms with Gasteiger partial charge < -0.3 is 9.64 Å². The van der Waals surface area contributed by atoms with Crippen LogP contribution in [0.1, 0.15) is 35.8 Å². The van der Waals surface area contributed by atoms with Crippen LogP contribution >= 0.6 is 11.6 Å². The first-order chi connectivity index (χ1) is 9.10. The normalized spacial score (nSPS) is 19.5. The maximum atomic E-state index is 12.4. The highest BCUT2D eigenvalue weighted by atomic mass is 35.5. The van der Waals surface area contributed by atoms with E-state index in [0.29, 0.717) is 23.9 Å². The molecular formula is C14H19ClN2O2. The molecule has 1 aromatic heterocycles. The van der Waals surface area contributed by atoms with Crippen LogP contribution in [0, 0.1) is 6.92 Å². The van der Waals surface area contributed by atoms with E-state index in [1.165, 1.54) is 0 Å². The predicted molar refractivity (Wildman–Crippen MR) is 74.5 cm³/mol. The highest BCUT2D eigenvalue weighted by molar-refractivity contribution is 6.29. The third kappa shape index (κ3) is 3.67. The lowest BCUT2D eigenvalue weighted by molar-refractivity contribution is 0.00724. The summed E-state index contributed by atoms with van der Waals surface area (Å²) in [5.74, 6) is 0.0109. The van der Waals surface area contributed by atoms with Crippen LogP contribution in [-0.4, -0.2) is 41.6 Å². The number of hydrogen-bond acceptors (Lipinski definition) is 3. The van der Waals surface area contributed by atoms with E-state index in [0.717, 1.165) is 25.1 Å². The summed E-state index contributed by atoms with van der Waals surface area (Å²) in [7, 11) is 0. The number of pyridine rings is 1. The molecule has 19 heavy (non-hydrogen) atoms. The van der Waals surface area contributed by atoms with Gasteiger partial charge in [0.05, 0.1) is 6.10 Å². The highest BCUT2D eigenvalue weighted by Crippen LogP contribution is 2.18. The van der Waals surface area contributed by atoms with Gasteiger partial charge in [0, 0.05) is 31.0 Å². The molecule has 0 saturated carbocycles. The number of likely N-dealkylation sites (tertiary alicyclic amines) is 1. The van der Waals surface area contributed by atoms with Gasteiger partial charge in [-0.2, -0.15) is 0 Å². The van der Waals surface area contributed by atoms with Crippen LogP contribution in [0.3, 0.4) is 0 Å². The van der Waals surface area contributed by atoms with Crippen molar-refractivity contribution >= 4 is 17.5 Å². The number of ether oxygens (including phenoxy) is 1. The smallest absolute Gasteiger partial charge is 0.254 e. The highest BCUT2D eigenvalue weighted by Gasteiger charge is 2.25. The Bertz CT molecular complexity index is 443. The van der Waals surface area contributed by atoms with Crippen LogP contribution in [-0.2, 0) is 4.74 Å². The summed E-state index contributed by atoms with van der Waals surface area (Å²) < 4.78 is 5.61. The fraction of sp³-hybridized carbons (Fsp3) is 0.571. The van der Waals surface area contributed by atoms with Gasteiger partial charge in [-0.3, -0.25) is 4.79 Å². The molecule has 1 amide bonds. The van der Waals surface area contributed by atoms with Crippen molar-refractivity contribution in [2.75, 3.05) is 19.7 Å². The van der Waals surface area contributed by atoms with Crippen molar-refractivity contribution in [3.63, 3.8) is 0 Å². The summed E-state index contributed by atoms with van der Waals surface area (Å²) in [4.78, 5) is 18.4. The van der Waals surface area contributed by atoms with Crippen molar-refractivity contribution in [1.29, 1.82) is 0 Å². The molecule has 1 atom stereocenters. The molecule has 0 spiro atoms. The maximum absolute atomic E-state index is 12.4. The number of aromatic nitrogens is 1. The molecule has 1 aliphatic rings. The molecule has 1 saturated heterocycles. The van der Waals surface area contributed by atoms with Gasteiger partial charge in [0.15, 0.2) is 0 Å². The largest absolute Gasteiger partial charge is 0.377 e. The van der Waals surface area contributed by atoms with Crippen molar-refractivity contribution in [2.45, 2.75) is 32.8 Å². The van der Waals surface area contributed by atoms with Crippen LogP contribution < -0.4 is 0 Å². The molecule has 0 radical (unpaired) electrons. The van der Waals surface area contributed by atoms with Crippen molar-refractivity contribution in [3.05, 3.63) is 28.5 Å². The van der Waals surface area contributed by atoms with Crippen LogP contribution in [0.25, 0.3) is 0 Å². The zero-order valence-corrected chi connectivity index (χ0v) is 12.1. The van der Waals surface area contributed by atoms with Gasteiger partial charge in [0.25, 0.3) is 5.91 Å². The van der Waals surface area contributed by atoms with Gasteiger partial charge in [-0.1, -0.05) is 11.6 Å². The molecule has 4 nitrogen and oxygen atoms in total. The number of carbonyl (C=O) groups is 1. The first-order valence-corrected chi connectivity index (χ1v) is 7.03. The maximum Gasteiger partial charge on any atom is 0.254 e. The lowest BCUT2D eigenvalue weighted by Gasteiger charge is -2.32. The summed E-state index contributed by atoms with van der Waals surface area (Å²) in [5.41, 5.74) is 1.36. The van der Waals surface area contributed by atoms with Crippen molar-refractivity contribution < 1.29 is 9.53 Å². The zero-order valence-electron chi connectivity index (χ0n) is 11.4. The number of rotatable bonds is 3. The second-order valence-electron chi connectivity index (χ2n) is 4.79. The summed E-state index contributed by atoms with van der Waals surface area (Å²) >= 11 is 5.90. The average molecular weight is 283 g/mol. The standard InChI is InChI=1S/C14H19ClN2O2/c1-3-19-12-5-4-6-17(9-12)14(18)11-7-10(2)16-13(15)8-11/h7-8,12H,3-6,9H2,1-2H3. The molecule has 1 aliphatic heterocycles. The van der Waals surface area contributed by atoms with E-state index >= 15 is 0 Å². The molecule has 0 N–H and O–H groups in total. The van der Waals surface area contributed by atoms with E-state index in [1.807, 2.05) is 18.7 Å². The number of piperidine rings is 1. The van der Waals surface area contributed by atoms with Crippen LogP contribution in [0.4, 0.5) is 0 Å². The molecule has 0 aromatic carbocycles. The topological polar surface area (TPSA) is 42.4 Å². The second-order valence-corrected chi connectivity index (χ2v) is 5.18. The van der Waals surface area contributed by atoms with Gasteiger partial charge in [-0.05, 0) is 38.8 Å². The molecule has 5 heteroatoms. The number of halogens is 1. The molecule has 2 heterocycles. The Morgan fingerprint density at radius 1 is 1.58 bits per heavy atom. The second kappa shape index (κ2) is 6.35. The van der Waals surface area contributed by atoms with E-state index < -0.39 is 0 Å². The van der Waals surface area contributed by atoms with E-state index in [2.05, 4.69) is 4.98 Å². The predicted octanol–water partition coefficient (Wildman–Crippen LogP) is 2.68. The minimum Gasteiger partial charge on any atom is -0.377 e. The lowest BCUT2D eigenvalue weighted by Crippen LogP contribution is -2.43. The fourth-order valence-corrected chi connectivity index (χ4v) is 2.68. The average Bonchev–Trinajstić information content (AvgIpc) is 2.37. The number of amides is 1. The fourth-order valence-electron chi connectivity index (χ4n) is 2.43. The molecule has 2 rings (SSSR count). The molecule has 0 aliphatic carbocycles. The Balaban J connectivity index is 2.10. The quantitative estimate of drug-likeness (QED) is 0.801.